The molecule has 0 aliphatic heterocycles. The molecule has 5 nitrogen and oxygen atoms in total. The molecule has 0 saturated heterocycles. The minimum atomic E-state index is -0.890. The number of carbonyl (C=O) groups is 1. The molecule has 0 bridgehead atoms. The quantitative estimate of drug-likeness (QED) is 0.887. The zero-order valence-corrected chi connectivity index (χ0v) is 12.2. The molecule has 0 unspecified atom stereocenters. The van der Waals surface area contributed by atoms with Gasteiger partial charge in [-0.05, 0) is 34.1 Å². The maximum absolute atomic E-state index is 10.4. The number of aliphatic carboxylic acids is 1. The maximum Gasteiger partial charge on any atom is 0.303 e. The Bertz CT molecular complexity index is 583. The van der Waals surface area contributed by atoms with Crippen LogP contribution in [0.2, 0.25) is 0 Å². The van der Waals surface area contributed by atoms with Crippen LogP contribution in [-0.2, 0) is 11.2 Å². The van der Waals surface area contributed by atoms with Crippen LogP contribution in [0.3, 0.4) is 0 Å². The molecular formula is C11H8Br2N2O3. The first-order chi connectivity index (χ1) is 8.56. The van der Waals surface area contributed by atoms with Gasteiger partial charge in [0.15, 0.2) is 0 Å². The second-order valence-electron chi connectivity index (χ2n) is 3.52. The molecule has 0 saturated carbocycles. The zero-order valence-electron chi connectivity index (χ0n) is 9.06. The molecule has 0 aliphatic rings. The van der Waals surface area contributed by atoms with Gasteiger partial charge in [0.1, 0.15) is 0 Å². The normalized spacial score (nSPS) is 10.6. The van der Waals surface area contributed by atoms with Crippen molar-refractivity contribution in [3.8, 4) is 11.5 Å². The van der Waals surface area contributed by atoms with Gasteiger partial charge in [-0.15, -0.1) is 10.2 Å². The summed E-state index contributed by atoms with van der Waals surface area (Å²) < 4.78 is 7.15. The van der Waals surface area contributed by atoms with E-state index in [0.29, 0.717) is 11.8 Å². The van der Waals surface area contributed by atoms with Crippen molar-refractivity contribution in [2.45, 2.75) is 12.8 Å². The summed E-state index contributed by atoms with van der Waals surface area (Å²) in [6, 6.07) is 5.59. The van der Waals surface area contributed by atoms with Crippen LogP contribution in [0.4, 0.5) is 0 Å². The average Bonchev–Trinajstić information content (AvgIpc) is 2.78. The van der Waals surface area contributed by atoms with Gasteiger partial charge in [0.2, 0.25) is 11.8 Å². The molecule has 1 aromatic heterocycles. The van der Waals surface area contributed by atoms with Crippen LogP contribution in [0.25, 0.3) is 11.5 Å². The van der Waals surface area contributed by atoms with Crippen LogP contribution in [0.5, 0.6) is 0 Å². The van der Waals surface area contributed by atoms with Gasteiger partial charge in [0.05, 0.1) is 12.0 Å². The maximum atomic E-state index is 10.4. The molecule has 0 aliphatic carbocycles. The number of rotatable bonds is 4. The summed E-state index contributed by atoms with van der Waals surface area (Å²) >= 11 is 6.76. The Balaban J connectivity index is 2.23. The fourth-order valence-corrected chi connectivity index (χ4v) is 2.12. The first kappa shape index (κ1) is 13.2. The Labute approximate surface area is 119 Å². The molecular weight excluding hydrogens is 368 g/mol. The van der Waals surface area contributed by atoms with Gasteiger partial charge in [-0.25, -0.2) is 0 Å². The first-order valence-corrected chi connectivity index (χ1v) is 6.64. The number of halogens is 2. The fourth-order valence-electron chi connectivity index (χ4n) is 1.34. The standard InChI is InChI=1S/C11H8Br2N2O3/c12-6-1-2-8(13)7(5-6)11-15-14-9(18-11)3-4-10(16)17/h1-2,5H,3-4H2,(H,16,17). The highest BCUT2D eigenvalue weighted by Gasteiger charge is 2.12. The number of aromatic nitrogens is 2. The summed E-state index contributed by atoms with van der Waals surface area (Å²) in [5.41, 5.74) is 0.762. The van der Waals surface area contributed by atoms with Crippen LogP contribution in [0.15, 0.2) is 31.6 Å². The lowest BCUT2D eigenvalue weighted by Crippen LogP contribution is -1.97. The van der Waals surface area contributed by atoms with Gasteiger partial charge in [-0.3, -0.25) is 4.79 Å². The minimum absolute atomic E-state index is 0.0265. The number of aryl methyl sites for hydroxylation is 1. The van der Waals surface area contributed by atoms with E-state index in [0.717, 1.165) is 14.5 Å². The lowest BCUT2D eigenvalue weighted by atomic mass is 10.2. The van der Waals surface area contributed by atoms with E-state index in [1.54, 1.807) is 0 Å². The van der Waals surface area contributed by atoms with Crippen LogP contribution < -0.4 is 0 Å². The monoisotopic (exact) mass is 374 g/mol. The molecule has 1 N–H and O–H groups in total. The highest BCUT2D eigenvalue weighted by Crippen LogP contribution is 2.30. The molecule has 2 rings (SSSR count). The number of hydrogen-bond donors (Lipinski definition) is 1. The van der Waals surface area contributed by atoms with Crippen molar-refractivity contribution in [1.82, 2.24) is 10.2 Å². The Morgan fingerprint density at radius 3 is 2.83 bits per heavy atom. The van der Waals surface area contributed by atoms with Gasteiger partial charge in [-0.1, -0.05) is 15.9 Å². The third-order valence-electron chi connectivity index (χ3n) is 2.18. The number of carboxylic acid groups (broad SMARTS) is 1. The molecule has 1 aromatic carbocycles. The van der Waals surface area contributed by atoms with Gasteiger partial charge in [-0.2, -0.15) is 0 Å². The van der Waals surface area contributed by atoms with Gasteiger partial charge in [0, 0.05) is 15.4 Å². The van der Waals surface area contributed by atoms with Crippen molar-refractivity contribution >= 4 is 37.8 Å². The molecule has 18 heavy (non-hydrogen) atoms. The van der Waals surface area contributed by atoms with E-state index in [-0.39, 0.29) is 12.8 Å². The Morgan fingerprint density at radius 1 is 1.33 bits per heavy atom. The van der Waals surface area contributed by atoms with Crippen molar-refractivity contribution in [2.24, 2.45) is 0 Å². The molecule has 0 amide bonds. The van der Waals surface area contributed by atoms with Crippen LogP contribution in [-0.4, -0.2) is 21.3 Å². The lowest BCUT2D eigenvalue weighted by molar-refractivity contribution is -0.137. The first-order valence-electron chi connectivity index (χ1n) is 5.06. The molecule has 0 fully saturated rings. The number of carboxylic acids is 1. The van der Waals surface area contributed by atoms with E-state index in [1.807, 2.05) is 18.2 Å². The average molecular weight is 376 g/mol. The Hall–Kier alpha value is -1.21. The van der Waals surface area contributed by atoms with Crippen LogP contribution in [0.1, 0.15) is 12.3 Å². The highest BCUT2D eigenvalue weighted by molar-refractivity contribution is 9.11. The van der Waals surface area contributed by atoms with Crippen molar-refractivity contribution in [2.75, 3.05) is 0 Å². The van der Waals surface area contributed by atoms with E-state index < -0.39 is 5.97 Å². The molecule has 0 atom stereocenters. The lowest BCUT2D eigenvalue weighted by Gasteiger charge is -1.99. The SMILES string of the molecule is O=C(O)CCc1nnc(-c2cc(Br)ccc2Br)o1. The van der Waals surface area contributed by atoms with Crippen LogP contribution in [0, 0.1) is 0 Å². The third kappa shape index (κ3) is 3.17. The van der Waals surface area contributed by atoms with Crippen molar-refractivity contribution in [3.63, 3.8) is 0 Å². The largest absolute Gasteiger partial charge is 0.481 e. The van der Waals surface area contributed by atoms with Crippen molar-refractivity contribution in [3.05, 3.63) is 33.0 Å². The second kappa shape index (κ2) is 5.62. The third-order valence-corrected chi connectivity index (χ3v) is 3.36. The molecule has 7 heteroatoms. The summed E-state index contributed by atoms with van der Waals surface area (Å²) in [4.78, 5) is 10.4. The highest BCUT2D eigenvalue weighted by atomic mass is 79.9. The Kier molecular flexibility index (Phi) is 4.13. The van der Waals surface area contributed by atoms with Gasteiger partial charge >= 0.3 is 5.97 Å². The molecule has 2 aromatic rings. The van der Waals surface area contributed by atoms with Crippen molar-refractivity contribution in [1.29, 1.82) is 0 Å². The summed E-state index contributed by atoms with van der Waals surface area (Å²) in [5, 5.41) is 16.3. The topological polar surface area (TPSA) is 76.2 Å². The molecule has 0 spiro atoms. The van der Waals surface area contributed by atoms with Gasteiger partial charge < -0.3 is 9.52 Å². The summed E-state index contributed by atoms with van der Waals surface area (Å²) in [5.74, 6) is -0.207. The summed E-state index contributed by atoms with van der Waals surface area (Å²) in [6.45, 7) is 0. The fraction of sp³-hybridized carbons (Fsp3) is 0.182. The predicted octanol–water partition coefficient (Wildman–Crippen LogP) is 3.28. The van der Waals surface area contributed by atoms with E-state index >= 15 is 0 Å². The van der Waals surface area contributed by atoms with E-state index in [4.69, 9.17) is 9.52 Å². The molecule has 0 radical (unpaired) electrons. The molecule has 94 valence electrons. The van der Waals surface area contributed by atoms with E-state index in [9.17, 15) is 4.79 Å². The number of nitrogens with zero attached hydrogens (tertiary/aromatic N) is 2. The number of hydrogen-bond acceptors (Lipinski definition) is 4. The summed E-state index contributed by atoms with van der Waals surface area (Å²) in [6.07, 6.45) is 0.204. The smallest absolute Gasteiger partial charge is 0.303 e. The molecule has 1 heterocycles. The van der Waals surface area contributed by atoms with Crippen molar-refractivity contribution < 1.29 is 14.3 Å². The van der Waals surface area contributed by atoms with E-state index in [2.05, 4.69) is 42.1 Å². The minimum Gasteiger partial charge on any atom is -0.481 e. The number of benzene rings is 1. The van der Waals surface area contributed by atoms with Crippen LogP contribution >= 0.6 is 31.9 Å². The predicted molar refractivity (Wildman–Crippen MR) is 71.1 cm³/mol. The van der Waals surface area contributed by atoms with Gasteiger partial charge in [0.25, 0.3) is 0 Å². The zero-order chi connectivity index (χ0) is 13.1. The summed E-state index contributed by atoms with van der Waals surface area (Å²) in [7, 11) is 0. The Morgan fingerprint density at radius 2 is 2.11 bits per heavy atom. The van der Waals surface area contributed by atoms with E-state index in [1.165, 1.54) is 0 Å². The second-order valence-corrected chi connectivity index (χ2v) is 5.29.